The van der Waals surface area contributed by atoms with Crippen LogP contribution in [0.1, 0.15) is 33.3 Å². The van der Waals surface area contributed by atoms with Crippen LogP contribution in [-0.2, 0) is 28.6 Å². The van der Waals surface area contributed by atoms with E-state index in [2.05, 4.69) is 0 Å². The molecule has 1 aromatic carbocycles. The molecule has 0 saturated heterocycles. The van der Waals surface area contributed by atoms with Crippen LogP contribution in [0.4, 0.5) is 0 Å². The molecule has 0 heterocycles. The van der Waals surface area contributed by atoms with Crippen LogP contribution in [0.5, 0.6) is 0 Å². The molecule has 0 amide bonds. The van der Waals surface area contributed by atoms with Crippen molar-refractivity contribution in [3.63, 3.8) is 0 Å². The SMILES string of the molecule is Cc1ccccc1S(=O)(=O)OCCOC(C)C(=O)OC(C)(C)C. The predicted octanol–water partition coefficient (Wildman–Crippen LogP) is 2.45. The van der Waals surface area contributed by atoms with Gasteiger partial charge >= 0.3 is 5.97 Å². The summed E-state index contributed by atoms with van der Waals surface area (Å²) in [5, 5.41) is 0. The first-order valence-corrected chi connectivity index (χ1v) is 8.73. The highest BCUT2D eigenvalue weighted by Gasteiger charge is 2.22. The molecule has 1 atom stereocenters. The van der Waals surface area contributed by atoms with Crippen LogP contribution in [-0.4, -0.2) is 39.3 Å². The normalized spacial score (nSPS) is 13.6. The molecule has 0 aliphatic rings. The van der Waals surface area contributed by atoms with Gasteiger partial charge in [0.1, 0.15) is 5.60 Å². The van der Waals surface area contributed by atoms with E-state index in [4.69, 9.17) is 13.7 Å². The molecule has 7 heteroatoms. The van der Waals surface area contributed by atoms with Crippen LogP contribution in [0.15, 0.2) is 29.2 Å². The van der Waals surface area contributed by atoms with Gasteiger partial charge in [-0.2, -0.15) is 8.42 Å². The molecule has 0 radical (unpaired) electrons. The van der Waals surface area contributed by atoms with Crippen LogP contribution in [0.25, 0.3) is 0 Å². The van der Waals surface area contributed by atoms with Gasteiger partial charge in [0.05, 0.1) is 18.1 Å². The Morgan fingerprint density at radius 3 is 2.35 bits per heavy atom. The Labute approximate surface area is 137 Å². The zero-order valence-electron chi connectivity index (χ0n) is 14.2. The summed E-state index contributed by atoms with van der Waals surface area (Å²) < 4.78 is 39.4. The lowest BCUT2D eigenvalue weighted by atomic mass is 10.2. The second-order valence-electron chi connectivity index (χ2n) is 6.09. The van der Waals surface area contributed by atoms with Gasteiger partial charge in [-0.15, -0.1) is 0 Å². The number of hydrogen-bond donors (Lipinski definition) is 0. The summed E-state index contributed by atoms with van der Waals surface area (Å²) in [5.41, 5.74) is 0.00914. The summed E-state index contributed by atoms with van der Waals surface area (Å²) in [4.78, 5) is 11.8. The summed E-state index contributed by atoms with van der Waals surface area (Å²) in [6, 6.07) is 6.55. The Morgan fingerprint density at radius 1 is 1.17 bits per heavy atom. The Kier molecular flexibility index (Phi) is 6.73. The van der Waals surface area contributed by atoms with Crippen LogP contribution in [0, 0.1) is 6.92 Å². The number of esters is 1. The Balaban J connectivity index is 2.46. The Morgan fingerprint density at radius 2 is 1.78 bits per heavy atom. The molecule has 1 rings (SSSR count). The third-order valence-electron chi connectivity index (χ3n) is 2.79. The van der Waals surface area contributed by atoms with Crippen molar-refractivity contribution in [2.75, 3.05) is 13.2 Å². The van der Waals surface area contributed by atoms with E-state index in [0.717, 1.165) is 0 Å². The number of carbonyl (C=O) groups is 1. The molecule has 23 heavy (non-hydrogen) atoms. The Hall–Kier alpha value is -1.44. The topological polar surface area (TPSA) is 78.9 Å². The molecule has 1 aromatic rings. The van der Waals surface area contributed by atoms with E-state index >= 15 is 0 Å². The van der Waals surface area contributed by atoms with Crippen molar-refractivity contribution in [1.82, 2.24) is 0 Å². The van der Waals surface area contributed by atoms with Gasteiger partial charge in [-0.1, -0.05) is 18.2 Å². The number of hydrogen-bond acceptors (Lipinski definition) is 6. The average molecular weight is 344 g/mol. The molecule has 0 aliphatic heterocycles. The molecule has 0 N–H and O–H groups in total. The van der Waals surface area contributed by atoms with Crippen LogP contribution in [0.3, 0.4) is 0 Å². The van der Waals surface area contributed by atoms with Crippen LogP contribution in [0.2, 0.25) is 0 Å². The smallest absolute Gasteiger partial charge is 0.335 e. The predicted molar refractivity (Wildman–Crippen MR) is 85.6 cm³/mol. The van der Waals surface area contributed by atoms with Crippen molar-refractivity contribution in [3.8, 4) is 0 Å². The fourth-order valence-electron chi connectivity index (χ4n) is 1.72. The molecule has 0 aromatic heterocycles. The van der Waals surface area contributed by atoms with E-state index in [0.29, 0.717) is 5.56 Å². The Bertz CT molecular complexity index is 630. The minimum absolute atomic E-state index is 0.0362. The van der Waals surface area contributed by atoms with Gasteiger partial charge in [0.2, 0.25) is 0 Å². The van der Waals surface area contributed by atoms with E-state index in [1.54, 1.807) is 52.8 Å². The average Bonchev–Trinajstić information content (AvgIpc) is 2.41. The summed E-state index contributed by atoms with van der Waals surface area (Å²) in [7, 11) is -3.83. The maximum absolute atomic E-state index is 12.0. The van der Waals surface area contributed by atoms with Crippen molar-refractivity contribution in [2.24, 2.45) is 0 Å². The maximum atomic E-state index is 12.0. The highest BCUT2D eigenvalue weighted by atomic mass is 32.2. The summed E-state index contributed by atoms with van der Waals surface area (Å²) >= 11 is 0. The van der Waals surface area contributed by atoms with Crippen molar-refractivity contribution >= 4 is 16.1 Å². The van der Waals surface area contributed by atoms with Crippen LogP contribution < -0.4 is 0 Å². The first-order chi connectivity index (χ1) is 10.5. The fourth-order valence-corrected chi connectivity index (χ4v) is 2.84. The highest BCUT2D eigenvalue weighted by molar-refractivity contribution is 7.86. The van der Waals surface area contributed by atoms with Crippen molar-refractivity contribution < 1.29 is 26.9 Å². The van der Waals surface area contributed by atoms with Gasteiger partial charge in [-0.3, -0.25) is 4.18 Å². The van der Waals surface area contributed by atoms with Crippen molar-refractivity contribution in [2.45, 2.75) is 51.2 Å². The largest absolute Gasteiger partial charge is 0.458 e. The van der Waals surface area contributed by atoms with Gasteiger partial charge in [0.25, 0.3) is 10.1 Å². The minimum Gasteiger partial charge on any atom is -0.458 e. The highest BCUT2D eigenvalue weighted by Crippen LogP contribution is 2.16. The van der Waals surface area contributed by atoms with E-state index < -0.39 is 27.8 Å². The van der Waals surface area contributed by atoms with Gasteiger partial charge in [-0.25, -0.2) is 4.79 Å². The first kappa shape index (κ1) is 19.6. The standard InChI is InChI=1S/C16H24O6S/c1-12-8-6-7-9-14(12)23(18,19)21-11-10-20-13(2)15(17)22-16(3,4)5/h6-9,13H,10-11H2,1-5H3. The second-order valence-corrected chi connectivity index (χ2v) is 7.67. The number of rotatable bonds is 7. The van der Waals surface area contributed by atoms with Gasteiger partial charge < -0.3 is 9.47 Å². The maximum Gasteiger partial charge on any atom is 0.335 e. The summed E-state index contributed by atoms with van der Waals surface area (Å²) in [6.45, 7) is 8.30. The minimum atomic E-state index is -3.83. The van der Waals surface area contributed by atoms with Gasteiger partial charge in [-0.05, 0) is 46.2 Å². The molecular formula is C16H24O6S. The zero-order chi connectivity index (χ0) is 17.7. The molecule has 0 fully saturated rings. The quantitative estimate of drug-likeness (QED) is 0.429. The van der Waals surface area contributed by atoms with E-state index in [1.807, 2.05) is 0 Å². The zero-order valence-corrected chi connectivity index (χ0v) is 15.0. The first-order valence-electron chi connectivity index (χ1n) is 7.32. The number of benzene rings is 1. The lowest BCUT2D eigenvalue weighted by Crippen LogP contribution is -2.32. The third kappa shape index (κ3) is 6.68. The lowest BCUT2D eigenvalue weighted by molar-refractivity contribution is -0.167. The van der Waals surface area contributed by atoms with E-state index in [1.165, 1.54) is 6.07 Å². The molecule has 130 valence electrons. The van der Waals surface area contributed by atoms with Crippen LogP contribution >= 0.6 is 0 Å². The number of aryl methyl sites for hydroxylation is 1. The molecule has 6 nitrogen and oxygen atoms in total. The van der Waals surface area contributed by atoms with E-state index in [-0.39, 0.29) is 18.1 Å². The third-order valence-corrected chi connectivity index (χ3v) is 4.27. The second kappa shape index (κ2) is 7.90. The molecule has 0 spiro atoms. The monoisotopic (exact) mass is 344 g/mol. The number of carbonyl (C=O) groups excluding carboxylic acids is 1. The molecular weight excluding hydrogens is 320 g/mol. The number of ether oxygens (including phenoxy) is 2. The van der Waals surface area contributed by atoms with Crippen molar-refractivity contribution in [1.29, 1.82) is 0 Å². The van der Waals surface area contributed by atoms with Crippen molar-refractivity contribution in [3.05, 3.63) is 29.8 Å². The van der Waals surface area contributed by atoms with Gasteiger partial charge in [0.15, 0.2) is 6.10 Å². The fraction of sp³-hybridized carbons (Fsp3) is 0.562. The van der Waals surface area contributed by atoms with E-state index in [9.17, 15) is 13.2 Å². The molecule has 0 saturated carbocycles. The molecule has 1 unspecified atom stereocenters. The molecule has 0 bridgehead atoms. The summed E-state index contributed by atoms with van der Waals surface area (Å²) in [5.74, 6) is -0.501. The molecule has 0 aliphatic carbocycles. The lowest BCUT2D eigenvalue weighted by Gasteiger charge is -2.22. The summed E-state index contributed by atoms with van der Waals surface area (Å²) in [6.07, 6.45) is -0.793. The van der Waals surface area contributed by atoms with Gasteiger partial charge in [0, 0.05) is 0 Å².